The Balaban J connectivity index is 1.25. The highest BCUT2D eigenvalue weighted by Crippen LogP contribution is 2.35. The van der Waals surface area contributed by atoms with Crippen molar-refractivity contribution < 1.29 is 28.3 Å². The number of aromatic nitrogens is 1. The van der Waals surface area contributed by atoms with Gasteiger partial charge in [-0.05, 0) is 55.9 Å². The maximum absolute atomic E-state index is 13.4. The number of benzene rings is 2. The van der Waals surface area contributed by atoms with Crippen LogP contribution in [0, 0.1) is 6.92 Å². The molecule has 3 heterocycles. The number of carbonyl (C=O) groups is 3. The van der Waals surface area contributed by atoms with Crippen LogP contribution in [0.5, 0.6) is 0 Å². The minimum atomic E-state index is -0.948. The van der Waals surface area contributed by atoms with Crippen LogP contribution in [0.1, 0.15) is 53.7 Å². The zero-order valence-corrected chi connectivity index (χ0v) is 23.9. The van der Waals surface area contributed by atoms with Crippen molar-refractivity contribution in [3.63, 3.8) is 0 Å². The summed E-state index contributed by atoms with van der Waals surface area (Å²) in [5.41, 5.74) is 4.32. The highest BCUT2D eigenvalue weighted by Gasteiger charge is 2.25. The fourth-order valence-corrected chi connectivity index (χ4v) is 6.06. The smallest absolute Gasteiger partial charge is 0.340 e. The van der Waals surface area contributed by atoms with Gasteiger partial charge in [0.05, 0.1) is 12.0 Å². The Morgan fingerprint density at radius 1 is 1.02 bits per heavy atom. The third-order valence-corrected chi connectivity index (χ3v) is 8.32. The number of carboxylic acid groups (broad SMARTS) is 1. The largest absolute Gasteiger partial charge is 0.481 e. The molecule has 0 radical (unpaired) electrons. The molecule has 4 N–H and O–H groups in total. The Morgan fingerprint density at radius 2 is 1.81 bits per heavy atom. The molecule has 10 heteroatoms. The van der Waals surface area contributed by atoms with Crippen molar-refractivity contribution in [2.45, 2.75) is 64.3 Å². The van der Waals surface area contributed by atoms with Gasteiger partial charge in [-0.2, -0.15) is 0 Å². The monoisotopic (exact) mass is 583 g/mol. The standard InChI is InChI=1S/C33H33N3O7/c1-18-22-14-24-21-8-3-5-10-27(21)42-29(24)16-28(22)43-33(41)23(18)15-30(37)36-26(32(40)34-12-6-11-31(38)39)13-19-17-35-25-9-4-2-7-20(19)25/h2,4,7,9,14,16-17,26,35H,3,5-6,8,10-13,15H2,1H3,(H,34,40)(H,36,37)(H,38,39)/t26-/m1/s1. The highest BCUT2D eigenvalue weighted by molar-refractivity contribution is 5.97. The molecular weight excluding hydrogens is 550 g/mol. The van der Waals surface area contributed by atoms with Gasteiger partial charge in [0.25, 0.3) is 0 Å². The first kappa shape index (κ1) is 28.3. The van der Waals surface area contributed by atoms with E-state index in [1.54, 1.807) is 19.2 Å². The quantitative estimate of drug-likeness (QED) is 0.140. The van der Waals surface area contributed by atoms with Gasteiger partial charge in [0.15, 0.2) is 0 Å². The number of nitrogens with one attached hydrogen (secondary N) is 3. The average Bonchev–Trinajstić information content (AvgIpc) is 3.57. The number of aryl methyl sites for hydroxylation is 3. The average molecular weight is 584 g/mol. The number of carboxylic acids is 1. The third-order valence-electron chi connectivity index (χ3n) is 8.32. The topological polar surface area (TPSA) is 155 Å². The Hall–Kier alpha value is -4.86. The lowest BCUT2D eigenvalue weighted by Crippen LogP contribution is -2.49. The van der Waals surface area contributed by atoms with Gasteiger partial charge in [0.1, 0.15) is 23.0 Å². The van der Waals surface area contributed by atoms with E-state index in [1.807, 2.05) is 30.3 Å². The van der Waals surface area contributed by atoms with Gasteiger partial charge in [-0.1, -0.05) is 18.2 Å². The Morgan fingerprint density at radius 3 is 2.65 bits per heavy atom. The number of aromatic amines is 1. The normalized spacial score (nSPS) is 13.7. The molecular formula is C33H33N3O7. The summed E-state index contributed by atoms with van der Waals surface area (Å²) in [4.78, 5) is 53.7. The molecule has 1 aliphatic rings. The molecule has 0 spiro atoms. The lowest BCUT2D eigenvalue weighted by Gasteiger charge is -2.19. The maximum Gasteiger partial charge on any atom is 0.340 e. The molecule has 5 aromatic rings. The number of amides is 2. The van der Waals surface area contributed by atoms with Crippen molar-refractivity contribution in [2.75, 3.05) is 6.54 Å². The van der Waals surface area contributed by atoms with Crippen molar-refractivity contribution in [1.29, 1.82) is 0 Å². The molecule has 0 unspecified atom stereocenters. The second-order valence-corrected chi connectivity index (χ2v) is 11.2. The minimum Gasteiger partial charge on any atom is -0.481 e. The van der Waals surface area contributed by atoms with Crippen LogP contribution in [0.25, 0.3) is 32.8 Å². The van der Waals surface area contributed by atoms with Gasteiger partial charge in [0, 0.05) is 65.3 Å². The molecule has 10 nitrogen and oxygen atoms in total. The molecule has 222 valence electrons. The van der Waals surface area contributed by atoms with Crippen LogP contribution in [0.15, 0.2) is 56.2 Å². The second kappa shape index (κ2) is 11.8. The van der Waals surface area contributed by atoms with E-state index in [0.717, 1.165) is 58.7 Å². The summed E-state index contributed by atoms with van der Waals surface area (Å²) in [5, 5.41) is 17.1. The van der Waals surface area contributed by atoms with Crippen LogP contribution in [0.4, 0.5) is 0 Å². The third kappa shape index (κ3) is 5.77. The Labute approximate surface area is 246 Å². The minimum absolute atomic E-state index is 0.0787. The van der Waals surface area contributed by atoms with Gasteiger partial charge in [0.2, 0.25) is 11.8 Å². The van der Waals surface area contributed by atoms with Crippen molar-refractivity contribution in [3.8, 4) is 0 Å². The summed E-state index contributed by atoms with van der Waals surface area (Å²) in [7, 11) is 0. The molecule has 0 fully saturated rings. The van der Waals surface area contributed by atoms with Crippen LogP contribution in [-0.4, -0.2) is 40.5 Å². The summed E-state index contributed by atoms with van der Waals surface area (Å²) in [6.45, 7) is 1.96. The SMILES string of the molecule is Cc1c(CC(=O)N[C@H](Cc2c[nH]c3ccccc23)C(=O)NCCCC(=O)O)c(=O)oc2cc3oc4c(c3cc12)CCCC4. The van der Waals surface area contributed by atoms with Crippen LogP contribution in [0.3, 0.4) is 0 Å². The fraction of sp³-hybridized carbons (Fsp3) is 0.333. The van der Waals surface area contributed by atoms with Crippen molar-refractivity contribution in [2.24, 2.45) is 0 Å². The first-order chi connectivity index (χ1) is 20.8. The second-order valence-electron chi connectivity index (χ2n) is 11.2. The van der Waals surface area contributed by atoms with E-state index in [0.29, 0.717) is 16.7 Å². The first-order valence-corrected chi connectivity index (χ1v) is 14.6. The zero-order valence-electron chi connectivity index (χ0n) is 23.9. The number of hydrogen-bond acceptors (Lipinski definition) is 6. The summed E-state index contributed by atoms with van der Waals surface area (Å²) in [6, 6.07) is 10.5. The van der Waals surface area contributed by atoms with E-state index in [1.165, 1.54) is 5.56 Å². The van der Waals surface area contributed by atoms with Crippen LogP contribution < -0.4 is 16.3 Å². The molecule has 0 bridgehead atoms. The van der Waals surface area contributed by atoms with Crippen LogP contribution in [0.2, 0.25) is 0 Å². The number of aliphatic carboxylic acids is 1. The van der Waals surface area contributed by atoms with E-state index < -0.39 is 29.5 Å². The highest BCUT2D eigenvalue weighted by atomic mass is 16.4. The van der Waals surface area contributed by atoms with E-state index in [-0.39, 0.29) is 37.8 Å². The van der Waals surface area contributed by atoms with Crippen LogP contribution >= 0.6 is 0 Å². The Bertz CT molecular complexity index is 1930. The summed E-state index contributed by atoms with van der Waals surface area (Å²) >= 11 is 0. The molecule has 0 aliphatic heterocycles. The Kier molecular flexibility index (Phi) is 7.75. The molecule has 1 aliphatic carbocycles. The van der Waals surface area contributed by atoms with Gasteiger partial charge < -0.3 is 29.6 Å². The zero-order chi connectivity index (χ0) is 30.1. The van der Waals surface area contributed by atoms with Gasteiger partial charge >= 0.3 is 11.6 Å². The molecule has 3 aromatic heterocycles. The summed E-state index contributed by atoms with van der Waals surface area (Å²) < 4.78 is 11.7. The van der Waals surface area contributed by atoms with Gasteiger partial charge in [-0.25, -0.2) is 4.79 Å². The molecule has 6 rings (SSSR count). The molecule has 2 aromatic carbocycles. The number of rotatable bonds is 10. The number of para-hydroxylation sites is 1. The van der Waals surface area contributed by atoms with Crippen LogP contribution in [-0.2, 0) is 40.1 Å². The van der Waals surface area contributed by atoms with Gasteiger partial charge in [-0.15, -0.1) is 0 Å². The van der Waals surface area contributed by atoms with Crippen molar-refractivity contribution >= 4 is 50.6 Å². The number of furan rings is 1. The lowest BCUT2D eigenvalue weighted by atomic mass is 9.94. The molecule has 0 saturated carbocycles. The molecule has 1 atom stereocenters. The number of hydrogen-bond donors (Lipinski definition) is 4. The van der Waals surface area contributed by atoms with Crippen molar-refractivity contribution in [3.05, 3.63) is 81.0 Å². The molecule has 2 amide bonds. The van der Waals surface area contributed by atoms with E-state index >= 15 is 0 Å². The predicted molar refractivity (Wildman–Crippen MR) is 161 cm³/mol. The summed E-state index contributed by atoms with van der Waals surface area (Å²) in [6.07, 6.45) is 5.94. The lowest BCUT2D eigenvalue weighted by molar-refractivity contribution is -0.137. The number of H-pyrrole nitrogens is 1. The fourth-order valence-electron chi connectivity index (χ4n) is 6.06. The summed E-state index contributed by atoms with van der Waals surface area (Å²) in [5.74, 6) is -0.894. The van der Waals surface area contributed by atoms with E-state index in [4.69, 9.17) is 13.9 Å². The molecule has 43 heavy (non-hydrogen) atoms. The van der Waals surface area contributed by atoms with E-state index in [9.17, 15) is 19.2 Å². The van der Waals surface area contributed by atoms with Gasteiger partial charge in [-0.3, -0.25) is 14.4 Å². The van der Waals surface area contributed by atoms with E-state index in [2.05, 4.69) is 15.6 Å². The predicted octanol–water partition coefficient (Wildman–Crippen LogP) is 4.46. The first-order valence-electron chi connectivity index (χ1n) is 14.6. The molecule has 0 saturated heterocycles. The number of fused-ring (bicyclic) bond motifs is 5. The van der Waals surface area contributed by atoms with Crippen molar-refractivity contribution in [1.82, 2.24) is 15.6 Å². The number of carbonyl (C=O) groups excluding carboxylic acids is 2. The maximum atomic E-state index is 13.4.